The van der Waals surface area contributed by atoms with E-state index >= 15 is 0 Å². The molecule has 0 spiro atoms. The molecule has 0 saturated carbocycles. The second kappa shape index (κ2) is 17.7. The Bertz CT molecular complexity index is 1300. The molecule has 1 N–H and O–H groups in total. The van der Waals surface area contributed by atoms with Crippen molar-refractivity contribution in [3.8, 4) is 0 Å². The first-order valence-corrected chi connectivity index (χ1v) is 18.0. The standard InChI is InChI=1S/C35H59N5O11/c1-12-25-35(8)28(40(33(45)51-35)16-14-13-15-37-38-36)23(6)48-30(43)19(2)18-34(7,46-11)29(21(4)26(41)22(5)31(44)49-25)50-32-27(42)24(39(9)10)17-20(3)47-32/h19-25,27-29,32,42H,12-18H2,1-11H3/t19-,20?,21+,22-,23-,24?,25-,27?,28-,29-,32+,34-,35-/m1/s1. The van der Waals surface area contributed by atoms with Crippen molar-refractivity contribution in [3.63, 3.8) is 0 Å². The number of carbonyl (C=O) groups is 4. The summed E-state index contributed by atoms with van der Waals surface area (Å²) in [7, 11) is 5.15. The van der Waals surface area contributed by atoms with E-state index in [0.717, 1.165) is 0 Å². The number of ketones is 1. The number of azide groups is 1. The summed E-state index contributed by atoms with van der Waals surface area (Å²) in [4.78, 5) is 61.4. The fourth-order valence-corrected chi connectivity index (χ4v) is 7.91. The molecular weight excluding hydrogens is 666 g/mol. The number of carbonyl (C=O) groups excluding carboxylic acids is 4. The molecule has 0 radical (unpaired) electrons. The number of cyclic esters (lactones) is 2. The Labute approximate surface area is 301 Å². The van der Waals surface area contributed by atoms with Gasteiger partial charge in [0.15, 0.2) is 17.7 Å². The van der Waals surface area contributed by atoms with Crippen LogP contribution in [0.3, 0.4) is 0 Å². The lowest BCUT2D eigenvalue weighted by atomic mass is 9.78. The molecule has 16 heteroatoms. The zero-order valence-corrected chi connectivity index (χ0v) is 32.1. The van der Waals surface area contributed by atoms with Crippen LogP contribution in [0.15, 0.2) is 5.11 Å². The van der Waals surface area contributed by atoms with Crippen molar-refractivity contribution in [2.24, 2.45) is 22.9 Å². The van der Waals surface area contributed by atoms with E-state index in [1.54, 1.807) is 41.5 Å². The fraction of sp³-hybridized carbons (Fsp3) is 0.886. The van der Waals surface area contributed by atoms with Gasteiger partial charge >= 0.3 is 18.0 Å². The van der Waals surface area contributed by atoms with Gasteiger partial charge in [-0.15, -0.1) is 0 Å². The molecule has 1 amide bonds. The van der Waals surface area contributed by atoms with Crippen molar-refractivity contribution in [3.05, 3.63) is 10.4 Å². The molecule has 0 bridgehead atoms. The normalized spacial score (nSPS) is 40.0. The van der Waals surface area contributed by atoms with E-state index in [1.165, 1.54) is 18.9 Å². The van der Waals surface area contributed by atoms with Crippen LogP contribution >= 0.6 is 0 Å². The van der Waals surface area contributed by atoms with Gasteiger partial charge in [0.25, 0.3) is 0 Å². The first-order valence-electron chi connectivity index (χ1n) is 18.0. The molecule has 0 aromatic carbocycles. The molecular formula is C35H59N5O11. The lowest BCUT2D eigenvalue weighted by Gasteiger charge is -2.46. The van der Waals surface area contributed by atoms with E-state index in [0.29, 0.717) is 19.3 Å². The summed E-state index contributed by atoms with van der Waals surface area (Å²) in [6, 6.07) is -1.16. The van der Waals surface area contributed by atoms with Crippen LogP contribution in [-0.4, -0.2) is 133 Å². The largest absolute Gasteiger partial charge is 0.460 e. The molecule has 0 aliphatic carbocycles. The van der Waals surface area contributed by atoms with Gasteiger partial charge in [0, 0.05) is 37.1 Å². The predicted octanol–water partition coefficient (Wildman–Crippen LogP) is 4.01. The van der Waals surface area contributed by atoms with Gasteiger partial charge in [-0.3, -0.25) is 19.3 Å². The third-order valence-electron chi connectivity index (χ3n) is 10.9. The van der Waals surface area contributed by atoms with Gasteiger partial charge in [0.1, 0.15) is 30.3 Å². The summed E-state index contributed by atoms with van der Waals surface area (Å²) in [5.41, 5.74) is 5.87. The molecule has 0 aromatic rings. The van der Waals surface area contributed by atoms with Gasteiger partial charge in [-0.2, -0.15) is 0 Å². The maximum absolute atomic E-state index is 14.2. The highest BCUT2D eigenvalue weighted by molar-refractivity contribution is 6.00. The minimum absolute atomic E-state index is 0.0315. The summed E-state index contributed by atoms with van der Waals surface area (Å²) < 4.78 is 36.7. The molecule has 51 heavy (non-hydrogen) atoms. The topological polar surface area (TPSA) is 199 Å². The van der Waals surface area contributed by atoms with Crippen LogP contribution in [0.4, 0.5) is 4.79 Å². The highest BCUT2D eigenvalue weighted by atomic mass is 16.7. The maximum atomic E-state index is 14.2. The number of fused-ring (bicyclic) bond motifs is 1. The molecule has 3 saturated heterocycles. The number of methoxy groups -OCH3 is 1. The third kappa shape index (κ3) is 9.33. The Kier molecular flexibility index (Phi) is 14.7. The molecule has 16 nitrogen and oxygen atoms in total. The SMILES string of the molecule is CC[C@H]1OC(=O)[C@H](C)C(=O)[C@H](C)[C@@H](O[C@@H]2OC(C)CC(N(C)C)C2O)[C@](C)(OC)C[C@@H](C)C(=O)O[C@H](C)[C@H]2N(CCCCN=[N+]=[N-])C(=O)O[C@]12C. The van der Waals surface area contributed by atoms with Gasteiger partial charge in [-0.25, -0.2) is 4.79 Å². The number of ether oxygens (including phenoxy) is 6. The Hall–Kier alpha value is -3.01. The Morgan fingerprint density at radius 2 is 1.73 bits per heavy atom. The van der Waals surface area contributed by atoms with E-state index in [9.17, 15) is 24.3 Å². The number of hydrogen-bond acceptors (Lipinski definition) is 13. The molecule has 13 atom stereocenters. The molecule has 3 unspecified atom stereocenters. The molecule has 3 aliphatic heterocycles. The van der Waals surface area contributed by atoms with Crippen molar-refractivity contribution in [1.29, 1.82) is 0 Å². The van der Waals surface area contributed by atoms with Crippen molar-refractivity contribution < 1.29 is 52.7 Å². The molecule has 290 valence electrons. The molecule has 3 fully saturated rings. The van der Waals surface area contributed by atoms with Crippen molar-refractivity contribution in [2.45, 2.75) is 148 Å². The van der Waals surface area contributed by atoms with E-state index in [1.807, 2.05) is 25.9 Å². The zero-order chi connectivity index (χ0) is 38.4. The molecule has 3 heterocycles. The average molecular weight is 726 g/mol. The summed E-state index contributed by atoms with van der Waals surface area (Å²) in [6.07, 6.45) is -4.38. The van der Waals surface area contributed by atoms with E-state index in [-0.39, 0.29) is 38.1 Å². The number of amides is 1. The second-order valence-electron chi connectivity index (χ2n) is 15.0. The highest BCUT2D eigenvalue weighted by Gasteiger charge is 2.60. The van der Waals surface area contributed by atoms with Crippen LogP contribution < -0.4 is 0 Å². The number of hydrogen-bond donors (Lipinski definition) is 1. The summed E-state index contributed by atoms with van der Waals surface area (Å²) in [5.74, 6) is -4.96. The van der Waals surface area contributed by atoms with Crippen molar-refractivity contribution in [2.75, 3.05) is 34.3 Å². The van der Waals surface area contributed by atoms with Crippen LogP contribution in [0.5, 0.6) is 0 Å². The number of nitrogens with zero attached hydrogens (tertiary/aromatic N) is 5. The predicted molar refractivity (Wildman–Crippen MR) is 184 cm³/mol. The van der Waals surface area contributed by atoms with Crippen LogP contribution in [0.2, 0.25) is 0 Å². The Morgan fingerprint density at radius 1 is 1.06 bits per heavy atom. The summed E-state index contributed by atoms with van der Waals surface area (Å²) >= 11 is 0. The number of esters is 2. The highest BCUT2D eigenvalue weighted by Crippen LogP contribution is 2.41. The first-order chi connectivity index (χ1) is 23.9. The number of rotatable bonds is 10. The smallest absolute Gasteiger partial charge is 0.411 e. The van der Waals surface area contributed by atoms with Crippen molar-refractivity contribution in [1.82, 2.24) is 9.80 Å². The minimum atomic E-state index is -1.45. The van der Waals surface area contributed by atoms with Crippen LogP contribution in [0.1, 0.15) is 87.5 Å². The summed E-state index contributed by atoms with van der Waals surface area (Å²) in [6.45, 7) is 13.9. The molecule has 3 rings (SSSR count). The van der Waals surface area contributed by atoms with Gasteiger partial charge < -0.3 is 38.4 Å². The Balaban J connectivity index is 2.07. The zero-order valence-electron chi connectivity index (χ0n) is 32.1. The number of likely N-dealkylation sites (N-methyl/N-ethyl adjacent to an activating group) is 1. The third-order valence-corrected chi connectivity index (χ3v) is 10.9. The maximum Gasteiger partial charge on any atom is 0.411 e. The number of aliphatic hydroxyl groups is 1. The van der Waals surface area contributed by atoms with Crippen LogP contribution in [-0.2, 0) is 42.8 Å². The van der Waals surface area contributed by atoms with E-state index in [2.05, 4.69) is 10.0 Å². The van der Waals surface area contributed by atoms with Gasteiger partial charge in [-0.05, 0) is 86.3 Å². The second-order valence-corrected chi connectivity index (χ2v) is 15.0. The quantitative estimate of drug-likeness (QED) is 0.0647. The van der Waals surface area contributed by atoms with E-state index < -0.39 is 89.5 Å². The van der Waals surface area contributed by atoms with Gasteiger partial charge in [-0.1, -0.05) is 25.9 Å². The average Bonchev–Trinajstić information content (AvgIpc) is 3.34. The van der Waals surface area contributed by atoms with Gasteiger partial charge in [0.2, 0.25) is 0 Å². The van der Waals surface area contributed by atoms with Gasteiger partial charge in [0.05, 0.1) is 23.7 Å². The summed E-state index contributed by atoms with van der Waals surface area (Å²) in [5, 5.41) is 14.9. The van der Waals surface area contributed by atoms with E-state index in [4.69, 9.17) is 34.0 Å². The monoisotopic (exact) mass is 725 g/mol. The van der Waals surface area contributed by atoms with Crippen molar-refractivity contribution >= 4 is 23.8 Å². The molecule has 3 aliphatic rings. The lowest BCUT2D eigenvalue weighted by Crippen LogP contribution is -2.59. The number of unbranched alkanes of at least 4 members (excludes halogenated alkanes) is 1. The number of Topliss-reactive ketones (excluding diaryl/α,β-unsaturated/α-hetero) is 1. The fourth-order valence-electron chi connectivity index (χ4n) is 7.91. The van der Waals surface area contributed by atoms with Crippen LogP contribution in [0, 0.1) is 17.8 Å². The number of aliphatic hydroxyl groups excluding tert-OH is 1. The lowest BCUT2D eigenvalue weighted by molar-refractivity contribution is -0.295. The Morgan fingerprint density at radius 3 is 2.31 bits per heavy atom. The van der Waals surface area contributed by atoms with Crippen LogP contribution in [0.25, 0.3) is 10.4 Å². The molecule has 0 aromatic heterocycles. The first kappa shape index (κ1) is 42.4. The minimum Gasteiger partial charge on any atom is -0.460 e.